The highest BCUT2D eigenvalue weighted by Crippen LogP contribution is 1.60. The topological polar surface area (TPSA) is 92.4 Å². The van der Waals surface area contributed by atoms with Gasteiger partial charge in [-0.15, -0.1) is 0 Å². The Hall–Kier alpha value is -0.810. The summed E-state index contributed by atoms with van der Waals surface area (Å²) in [6.45, 7) is -0.538. The lowest BCUT2D eigenvalue weighted by Gasteiger charge is -1.95. The number of nitrogens with two attached hydrogens (primary N) is 1. The van der Waals surface area contributed by atoms with Gasteiger partial charge in [-0.2, -0.15) is 0 Å². The lowest BCUT2D eigenvalue weighted by Crippen LogP contribution is -3.00. The predicted octanol–water partition coefficient (Wildman–Crippen LogP) is -4.74. The van der Waals surface area contributed by atoms with Gasteiger partial charge in [0.05, 0.1) is 6.54 Å². The molecule has 0 saturated heterocycles. The molecule has 5 nitrogen and oxygen atoms in total. The second-order valence-corrected chi connectivity index (χ2v) is 1.37. The molecular formula is C4H9ClN2O3. The number of hydrogen-bond donors (Lipinski definition) is 3. The van der Waals surface area contributed by atoms with Gasteiger partial charge >= 0.3 is 7.40 Å². The van der Waals surface area contributed by atoms with Crippen molar-refractivity contribution >= 4 is 11.9 Å². The van der Waals surface area contributed by atoms with E-state index in [9.17, 15) is 9.59 Å². The van der Waals surface area contributed by atoms with E-state index in [1.807, 2.05) is 0 Å². The molecule has 6 heteroatoms. The molecule has 0 aliphatic rings. The van der Waals surface area contributed by atoms with Crippen LogP contribution in [0.2, 0.25) is 0 Å². The van der Waals surface area contributed by atoms with E-state index in [4.69, 9.17) is 10.8 Å². The number of carboxylic acid groups (broad SMARTS) is 1. The Morgan fingerprint density at radius 1 is 1.60 bits per heavy atom. The molecule has 0 aliphatic heterocycles. The van der Waals surface area contributed by atoms with Crippen molar-refractivity contribution in [3.63, 3.8) is 0 Å². The van der Waals surface area contributed by atoms with Gasteiger partial charge in [-0.25, -0.2) is 0 Å². The van der Waals surface area contributed by atoms with Crippen LogP contribution in [0.4, 0.5) is 0 Å². The molecular weight excluding hydrogens is 160 g/mol. The maximum absolute atomic E-state index is 10.2. The van der Waals surface area contributed by atoms with Gasteiger partial charge in [0.1, 0.15) is 6.54 Å². The number of carbonyl (C=O) groups is 2. The van der Waals surface area contributed by atoms with Crippen molar-refractivity contribution in [3.8, 4) is 0 Å². The quantitative estimate of drug-likeness (QED) is 0.395. The molecule has 0 aromatic heterocycles. The molecule has 60 valence electrons. The molecule has 0 aromatic carbocycles. The molecule has 0 atom stereocenters. The molecule has 0 bridgehead atoms. The van der Waals surface area contributed by atoms with Gasteiger partial charge in [0.25, 0.3) is 0 Å². The van der Waals surface area contributed by atoms with E-state index in [2.05, 4.69) is 5.32 Å². The molecule has 0 unspecified atom stereocenters. The number of carboxylic acids is 1. The number of halogens is 1. The number of amides is 1. The summed E-state index contributed by atoms with van der Waals surface area (Å²) in [5.74, 6) is -1.53. The first-order chi connectivity index (χ1) is 4.16. The van der Waals surface area contributed by atoms with Gasteiger partial charge in [-0.05, 0) is 0 Å². The van der Waals surface area contributed by atoms with E-state index in [1.165, 1.54) is 0 Å². The summed E-state index contributed by atoms with van der Waals surface area (Å²) >= 11 is 0. The first-order valence-corrected chi connectivity index (χ1v) is 2.35. The minimum Gasteiger partial charge on any atom is -1.00 e. The zero-order valence-electron chi connectivity index (χ0n) is 6.13. The fraction of sp³-hybridized carbons (Fsp3) is 0.500. The van der Waals surface area contributed by atoms with Crippen molar-refractivity contribution in [2.24, 2.45) is 5.73 Å². The molecule has 0 aromatic rings. The summed E-state index contributed by atoms with van der Waals surface area (Å²) in [4.78, 5) is 20.0. The van der Waals surface area contributed by atoms with E-state index < -0.39 is 11.9 Å². The smallest absolute Gasteiger partial charge is 1.00 e. The first-order valence-electron chi connectivity index (χ1n) is 2.35. The fourth-order valence-electron chi connectivity index (χ4n) is 0.246. The summed E-state index contributed by atoms with van der Waals surface area (Å²) in [7, 11) is 0. The third-order valence-corrected chi connectivity index (χ3v) is 0.622. The normalized spacial score (nSPS) is 7.70. The minimum absolute atomic E-state index is 0. The minimum atomic E-state index is -1.07. The monoisotopic (exact) mass is 168 g/mol. The van der Waals surface area contributed by atoms with Crippen molar-refractivity contribution in [2.45, 2.75) is 0 Å². The molecule has 4 N–H and O–H groups in total. The Labute approximate surface area is 65.5 Å². The van der Waals surface area contributed by atoms with Crippen LogP contribution in [0.1, 0.15) is 1.43 Å². The number of rotatable bonds is 3. The maximum atomic E-state index is 10.2. The summed E-state index contributed by atoms with van der Waals surface area (Å²) in [5.41, 5.74) is 4.85. The van der Waals surface area contributed by atoms with Gasteiger partial charge in [0.15, 0.2) is 0 Å². The second kappa shape index (κ2) is 6.31. The summed E-state index contributed by atoms with van der Waals surface area (Å²) < 4.78 is 0. The van der Waals surface area contributed by atoms with E-state index >= 15 is 0 Å². The SMILES string of the molecule is NCC(=O)NCC(=O)O.[Cl-].[H+]. The van der Waals surface area contributed by atoms with Crippen molar-refractivity contribution in [3.05, 3.63) is 0 Å². The highest BCUT2D eigenvalue weighted by Gasteiger charge is 1.98. The Bertz CT molecular complexity index is 133. The van der Waals surface area contributed by atoms with Crippen LogP contribution in [-0.2, 0) is 9.59 Å². The van der Waals surface area contributed by atoms with E-state index in [0.717, 1.165) is 0 Å². The Morgan fingerprint density at radius 2 is 2.10 bits per heavy atom. The van der Waals surface area contributed by atoms with Crippen LogP contribution >= 0.6 is 0 Å². The highest BCUT2D eigenvalue weighted by molar-refractivity contribution is 5.82. The van der Waals surface area contributed by atoms with Crippen LogP contribution in [0.5, 0.6) is 0 Å². The molecule has 0 spiro atoms. The molecule has 0 radical (unpaired) electrons. The van der Waals surface area contributed by atoms with Gasteiger partial charge in [0, 0.05) is 0 Å². The van der Waals surface area contributed by atoms with Crippen LogP contribution in [-0.4, -0.2) is 30.1 Å². The van der Waals surface area contributed by atoms with Gasteiger partial charge in [-0.3, -0.25) is 9.59 Å². The number of carbonyl (C=O) groups excluding carboxylic acids is 1. The zero-order chi connectivity index (χ0) is 7.28. The molecule has 0 rings (SSSR count). The summed E-state index contributed by atoms with van der Waals surface area (Å²) in [6.07, 6.45) is 0. The van der Waals surface area contributed by atoms with Crippen molar-refractivity contribution < 1.29 is 28.5 Å². The van der Waals surface area contributed by atoms with Crippen LogP contribution < -0.4 is 23.5 Å². The number of aliphatic carboxylic acids is 1. The number of hydrogen-bond acceptors (Lipinski definition) is 3. The van der Waals surface area contributed by atoms with Crippen LogP contribution in [0.15, 0.2) is 0 Å². The fourth-order valence-corrected chi connectivity index (χ4v) is 0.246. The van der Waals surface area contributed by atoms with Crippen LogP contribution in [0, 0.1) is 0 Å². The van der Waals surface area contributed by atoms with E-state index in [-0.39, 0.29) is 26.9 Å². The second-order valence-electron chi connectivity index (χ2n) is 1.37. The average Bonchev–Trinajstić information content (AvgIpc) is 1.83. The third kappa shape index (κ3) is 7.19. The molecule has 10 heavy (non-hydrogen) atoms. The van der Waals surface area contributed by atoms with Crippen molar-refractivity contribution in [1.29, 1.82) is 0 Å². The summed E-state index contributed by atoms with van der Waals surface area (Å²) in [5, 5.41) is 10.1. The third-order valence-electron chi connectivity index (χ3n) is 0.622. The molecule has 0 heterocycles. The molecule has 1 amide bonds. The first kappa shape index (κ1) is 11.9. The lowest BCUT2D eigenvalue weighted by atomic mass is 10.5. The molecule has 0 saturated carbocycles. The van der Waals surface area contributed by atoms with Crippen molar-refractivity contribution in [1.82, 2.24) is 5.32 Å². The molecule has 0 fully saturated rings. The number of nitrogens with one attached hydrogen (secondary N) is 1. The summed E-state index contributed by atoms with van der Waals surface area (Å²) in [6, 6.07) is 0. The largest absolute Gasteiger partial charge is 1.00 e. The van der Waals surface area contributed by atoms with Gasteiger partial charge in [-0.1, -0.05) is 0 Å². The maximum Gasteiger partial charge on any atom is 1.00 e. The van der Waals surface area contributed by atoms with E-state index in [1.54, 1.807) is 0 Å². The standard InChI is InChI=1S/C4H8N2O3.ClH/c5-1-3(7)6-2-4(8)9;/h1-2,5H2,(H,6,7)(H,8,9);1H. The Balaban J connectivity index is -0.000000320. The average molecular weight is 169 g/mol. The van der Waals surface area contributed by atoms with Crippen LogP contribution in [0.3, 0.4) is 0 Å². The van der Waals surface area contributed by atoms with E-state index in [0.29, 0.717) is 0 Å². The Kier molecular flexibility index (Phi) is 7.53. The van der Waals surface area contributed by atoms with Gasteiger partial charge in [0.2, 0.25) is 5.91 Å². The Morgan fingerprint density at radius 3 is 2.40 bits per heavy atom. The molecule has 0 aliphatic carbocycles. The predicted molar refractivity (Wildman–Crippen MR) is 30.8 cm³/mol. The van der Waals surface area contributed by atoms with Crippen LogP contribution in [0.25, 0.3) is 0 Å². The highest BCUT2D eigenvalue weighted by atomic mass is 35.5. The van der Waals surface area contributed by atoms with Gasteiger partial charge < -0.3 is 28.6 Å². The van der Waals surface area contributed by atoms with Crippen molar-refractivity contribution in [2.75, 3.05) is 13.1 Å². The lowest BCUT2D eigenvalue weighted by molar-refractivity contribution is -0.137. The zero-order valence-corrected chi connectivity index (χ0v) is 5.89.